The van der Waals surface area contributed by atoms with Crippen molar-refractivity contribution in [3.8, 4) is 0 Å². The van der Waals surface area contributed by atoms with Gasteiger partial charge in [-0.05, 0) is 25.0 Å². The molecule has 0 aliphatic carbocycles. The number of ether oxygens (including phenoxy) is 1. The van der Waals surface area contributed by atoms with Gasteiger partial charge >= 0.3 is 0 Å². The Kier molecular flexibility index (Phi) is 4.84. The van der Waals surface area contributed by atoms with E-state index >= 15 is 0 Å². The number of fused-ring (bicyclic) bond motifs is 1. The van der Waals surface area contributed by atoms with E-state index in [-0.39, 0.29) is 17.7 Å². The highest BCUT2D eigenvalue weighted by atomic mass is 16.5. The molecule has 1 aromatic heterocycles. The summed E-state index contributed by atoms with van der Waals surface area (Å²) in [7, 11) is 0. The third-order valence-electron chi connectivity index (χ3n) is 5.32. The summed E-state index contributed by atoms with van der Waals surface area (Å²) in [5.74, 6) is 0.238. The highest BCUT2D eigenvalue weighted by molar-refractivity contribution is 6.05. The molecule has 0 spiro atoms. The molecule has 2 aromatic rings. The molecule has 136 valence electrons. The van der Waals surface area contributed by atoms with Crippen LogP contribution in [0.1, 0.15) is 23.2 Å². The number of nitrogens with zero attached hydrogens (tertiary/aromatic N) is 3. The molecule has 6 heteroatoms. The smallest absolute Gasteiger partial charge is 0.256 e. The Hall–Kier alpha value is -2.47. The largest absolute Gasteiger partial charge is 0.378 e. The molecule has 0 radical (unpaired) electrons. The maximum Gasteiger partial charge on any atom is 0.256 e. The summed E-state index contributed by atoms with van der Waals surface area (Å²) in [6.45, 7) is 3.83. The van der Waals surface area contributed by atoms with E-state index in [1.165, 1.54) is 0 Å². The zero-order chi connectivity index (χ0) is 17.9. The number of piperidine rings is 1. The van der Waals surface area contributed by atoms with Crippen molar-refractivity contribution in [2.45, 2.75) is 12.8 Å². The van der Waals surface area contributed by atoms with Gasteiger partial charge in [0.25, 0.3) is 5.91 Å². The molecule has 6 nitrogen and oxygen atoms in total. The fourth-order valence-electron chi connectivity index (χ4n) is 3.82. The van der Waals surface area contributed by atoms with Gasteiger partial charge in [0.15, 0.2) is 0 Å². The lowest BCUT2D eigenvalue weighted by Crippen LogP contribution is -2.47. The highest BCUT2D eigenvalue weighted by Gasteiger charge is 2.31. The first-order valence-corrected chi connectivity index (χ1v) is 9.23. The molecule has 2 saturated heterocycles. The van der Waals surface area contributed by atoms with Gasteiger partial charge in [0.1, 0.15) is 0 Å². The van der Waals surface area contributed by atoms with Crippen LogP contribution in [0.2, 0.25) is 0 Å². The summed E-state index contributed by atoms with van der Waals surface area (Å²) in [5.41, 5.74) is 1.38. The van der Waals surface area contributed by atoms with E-state index in [1.54, 1.807) is 6.20 Å². The summed E-state index contributed by atoms with van der Waals surface area (Å²) >= 11 is 0. The number of para-hydroxylation sites is 1. The number of amides is 2. The van der Waals surface area contributed by atoms with Crippen molar-refractivity contribution in [1.29, 1.82) is 0 Å². The van der Waals surface area contributed by atoms with Crippen LogP contribution in [-0.4, -0.2) is 66.0 Å². The molecule has 2 amide bonds. The van der Waals surface area contributed by atoms with Crippen molar-refractivity contribution in [1.82, 2.24) is 14.8 Å². The monoisotopic (exact) mass is 353 g/mol. The zero-order valence-corrected chi connectivity index (χ0v) is 14.8. The van der Waals surface area contributed by atoms with Crippen LogP contribution < -0.4 is 0 Å². The zero-order valence-electron chi connectivity index (χ0n) is 14.8. The second-order valence-corrected chi connectivity index (χ2v) is 6.88. The first-order chi connectivity index (χ1) is 12.7. The first-order valence-electron chi connectivity index (χ1n) is 9.23. The minimum Gasteiger partial charge on any atom is -0.378 e. The van der Waals surface area contributed by atoms with Crippen molar-refractivity contribution >= 4 is 22.7 Å². The molecule has 26 heavy (non-hydrogen) atoms. The van der Waals surface area contributed by atoms with Crippen LogP contribution >= 0.6 is 0 Å². The normalized spacial score (nSPS) is 18.9. The SMILES string of the molecule is O=C(c1cccc2cccnc12)N1CCC(C(=O)N2CCOCC2)CC1. The van der Waals surface area contributed by atoms with Gasteiger partial charge < -0.3 is 14.5 Å². The predicted octanol–water partition coefficient (Wildman–Crippen LogP) is 1.95. The Balaban J connectivity index is 1.42. The maximum atomic E-state index is 13.0. The van der Waals surface area contributed by atoms with Crippen molar-refractivity contribution < 1.29 is 14.3 Å². The van der Waals surface area contributed by atoms with Crippen molar-refractivity contribution in [3.63, 3.8) is 0 Å². The summed E-state index contributed by atoms with van der Waals surface area (Å²) < 4.78 is 5.32. The van der Waals surface area contributed by atoms with Crippen LogP contribution in [0.15, 0.2) is 36.5 Å². The minimum atomic E-state index is 0.00608. The van der Waals surface area contributed by atoms with E-state index in [9.17, 15) is 9.59 Å². The summed E-state index contributed by atoms with van der Waals surface area (Å²) in [5, 5.41) is 0.968. The van der Waals surface area contributed by atoms with E-state index in [4.69, 9.17) is 4.74 Å². The standard InChI is InChI=1S/C20H23N3O3/c24-19(23-11-13-26-14-12-23)16-6-9-22(10-7-16)20(25)17-5-1-3-15-4-2-8-21-18(15)17/h1-5,8,16H,6-7,9-14H2. The number of morpholine rings is 1. The van der Waals surface area contributed by atoms with Crippen LogP contribution in [0.25, 0.3) is 10.9 Å². The summed E-state index contributed by atoms with van der Waals surface area (Å²) in [6, 6.07) is 9.53. The van der Waals surface area contributed by atoms with Gasteiger partial charge in [-0.2, -0.15) is 0 Å². The second kappa shape index (κ2) is 7.41. The quantitative estimate of drug-likeness (QED) is 0.828. The molecule has 0 saturated carbocycles. The van der Waals surface area contributed by atoms with Crippen molar-refractivity contribution in [2.75, 3.05) is 39.4 Å². The number of hydrogen-bond acceptors (Lipinski definition) is 4. The van der Waals surface area contributed by atoms with Crippen LogP contribution in [0.5, 0.6) is 0 Å². The van der Waals surface area contributed by atoms with Gasteiger partial charge in [0.05, 0.1) is 24.3 Å². The number of pyridine rings is 1. The molecular weight excluding hydrogens is 330 g/mol. The Bertz CT molecular complexity index is 804. The Labute approximate surface area is 152 Å². The molecule has 0 atom stereocenters. The summed E-state index contributed by atoms with van der Waals surface area (Å²) in [6.07, 6.45) is 3.16. The van der Waals surface area contributed by atoms with E-state index < -0.39 is 0 Å². The Morgan fingerprint density at radius 3 is 2.46 bits per heavy atom. The topological polar surface area (TPSA) is 62.7 Å². The molecule has 2 fully saturated rings. The number of carbonyl (C=O) groups excluding carboxylic acids is 2. The first kappa shape index (κ1) is 17.0. The van der Waals surface area contributed by atoms with Gasteiger partial charge in [0, 0.05) is 43.7 Å². The number of aromatic nitrogens is 1. The highest BCUT2D eigenvalue weighted by Crippen LogP contribution is 2.24. The van der Waals surface area contributed by atoms with Gasteiger partial charge in [-0.1, -0.05) is 18.2 Å². The average molecular weight is 353 g/mol. The average Bonchev–Trinajstić information content (AvgIpc) is 2.73. The fraction of sp³-hybridized carbons (Fsp3) is 0.450. The molecular formula is C20H23N3O3. The molecule has 4 rings (SSSR count). The number of benzene rings is 1. The van der Waals surface area contributed by atoms with E-state index in [1.807, 2.05) is 40.1 Å². The van der Waals surface area contributed by atoms with Crippen LogP contribution in [0, 0.1) is 5.92 Å². The molecule has 2 aliphatic heterocycles. The van der Waals surface area contributed by atoms with E-state index in [2.05, 4.69) is 4.98 Å². The molecule has 2 aliphatic rings. The maximum absolute atomic E-state index is 13.0. The van der Waals surface area contributed by atoms with Gasteiger partial charge in [-0.25, -0.2) is 0 Å². The van der Waals surface area contributed by atoms with Crippen molar-refractivity contribution in [3.05, 3.63) is 42.1 Å². The van der Waals surface area contributed by atoms with E-state index in [0.717, 1.165) is 23.7 Å². The minimum absolute atomic E-state index is 0.00608. The van der Waals surface area contributed by atoms with Crippen LogP contribution in [0.4, 0.5) is 0 Å². The second-order valence-electron chi connectivity index (χ2n) is 6.88. The third kappa shape index (κ3) is 3.29. The fourth-order valence-corrected chi connectivity index (χ4v) is 3.82. The molecule has 0 N–H and O–H groups in total. The third-order valence-corrected chi connectivity index (χ3v) is 5.32. The Morgan fingerprint density at radius 2 is 1.69 bits per heavy atom. The molecule has 0 bridgehead atoms. The van der Waals surface area contributed by atoms with E-state index in [0.29, 0.717) is 45.0 Å². The van der Waals surface area contributed by atoms with Gasteiger partial charge in [0.2, 0.25) is 5.91 Å². The number of hydrogen-bond donors (Lipinski definition) is 0. The molecule has 1 aromatic carbocycles. The number of rotatable bonds is 2. The van der Waals surface area contributed by atoms with Gasteiger partial charge in [-0.3, -0.25) is 14.6 Å². The number of likely N-dealkylation sites (tertiary alicyclic amines) is 1. The van der Waals surface area contributed by atoms with Crippen molar-refractivity contribution in [2.24, 2.45) is 5.92 Å². The summed E-state index contributed by atoms with van der Waals surface area (Å²) in [4.78, 5) is 33.7. The predicted molar refractivity (Wildman–Crippen MR) is 97.8 cm³/mol. The van der Waals surface area contributed by atoms with Crippen LogP contribution in [-0.2, 0) is 9.53 Å². The number of carbonyl (C=O) groups is 2. The molecule has 0 unspecified atom stereocenters. The lowest BCUT2D eigenvalue weighted by Gasteiger charge is -2.35. The lowest BCUT2D eigenvalue weighted by atomic mass is 9.94. The molecule has 3 heterocycles. The van der Waals surface area contributed by atoms with Crippen LogP contribution in [0.3, 0.4) is 0 Å². The Morgan fingerprint density at radius 1 is 0.962 bits per heavy atom. The lowest BCUT2D eigenvalue weighted by molar-refractivity contribution is -0.141. The van der Waals surface area contributed by atoms with Gasteiger partial charge in [-0.15, -0.1) is 0 Å².